The molecule has 0 aliphatic rings. The number of nitriles is 1. The molecule has 2 heterocycles. The highest BCUT2D eigenvalue weighted by Gasteiger charge is 2.15. The van der Waals surface area contributed by atoms with Crippen molar-refractivity contribution >= 4 is 36.8 Å². The van der Waals surface area contributed by atoms with E-state index >= 15 is 0 Å². The monoisotopic (exact) mass is 352 g/mol. The molecule has 3 aromatic rings. The number of nitrogens with zero attached hydrogens (tertiary/aromatic N) is 6. The zero-order chi connectivity index (χ0) is 18.1. The molecule has 25 heavy (non-hydrogen) atoms. The lowest BCUT2D eigenvalue weighted by atomic mass is 10.1. The maximum absolute atomic E-state index is 9.02. The van der Waals surface area contributed by atoms with Crippen molar-refractivity contribution in [2.45, 2.75) is 6.92 Å². The molecule has 0 aliphatic carbocycles. The summed E-state index contributed by atoms with van der Waals surface area (Å²) in [6.45, 7) is 4.15. The van der Waals surface area contributed by atoms with E-state index in [1.54, 1.807) is 6.20 Å². The number of rotatable bonds is 4. The Hall–Kier alpha value is -2.64. The maximum Gasteiger partial charge on any atom is 0.140 e. The number of anilines is 3. The topological polar surface area (TPSA) is 61.0 Å². The molecule has 0 radical (unpaired) electrons. The van der Waals surface area contributed by atoms with Crippen LogP contribution in [0.15, 0.2) is 30.7 Å². The quantitative estimate of drug-likeness (QED) is 0.672. The molecule has 0 aliphatic heterocycles. The van der Waals surface area contributed by atoms with E-state index in [0.717, 1.165) is 33.7 Å². The fourth-order valence-corrected chi connectivity index (χ4v) is 3.28. The highest BCUT2D eigenvalue weighted by molar-refractivity contribution is 7.39. The third-order valence-electron chi connectivity index (χ3n) is 4.44. The highest BCUT2D eigenvalue weighted by atomic mass is 31.1. The number of benzene rings is 1. The Kier molecular flexibility index (Phi) is 4.61. The summed E-state index contributed by atoms with van der Waals surface area (Å²) in [6.07, 6.45) is 3.60. The number of hydrogen-bond acceptors (Lipinski definition) is 5. The number of pyridine rings is 1. The largest absolute Gasteiger partial charge is 0.355 e. The molecule has 1 atom stereocenters. The third-order valence-corrected chi connectivity index (χ3v) is 5.35. The van der Waals surface area contributed by atoms with Crippen molar-refractivity contribution in [1.29, 1.82) is 5.26 Å². The number of imidazole rings is 1. The van der Waals surface area contributed by atoms with Gasteiger partial charge in [0.1, 0.15) is 17.3 Å². The molecule has 0 N–H and O–H groups in total. The molecule has 0 bridgehead atoms. The van der Waals surface area contributed by atoms with E-state index < -0.39 is 0 Å². The summed E-state index contributed by atoms with van der Waals surface area (Å²) in [5.41, 5.74) is 6.70. The van der Waals surface area contributed by atoms with Crippen LogP contribution >= 0.6 is 8.73 Å². The summed E-state index contributed by atoms with van der Waals surface area (Å²) in [7, 11) is 6.76. The van der Waals surface area contributed by atoms with Crippen molar-refractivity contribution in [2.75, 3.05) is 30.3 Å². The standard InChI is InChI=1S/C18H21N6P/c1-12-6-13(9-19)20-10-17(12)23(3)14-7-15-18(21-11-22(15)2)16(8-14)24(4)25-5/h6-8,10-11,25H,1-5H3. The first-order valence-corrected chi connectivity index (χ1v) is 9.37. The number of aryl methyl sites for hydroxylation is 2. The van der Waals surface area contributed by atoms with Gasteiger partial charge in [0.05, 0.1) is 29.4 Å². The van der Waals surface area contributed by atoms with Crippen LogP contribution in [0.4, 0.5) is 17.1 Å². The van der Waals surface area contributed by atoms with Gasteiger partial charge in [-0.3, -0.25) is 0 Å². The number of aromatic nitrogens is 3. The van der Waals surface area contributed by atoms with Crippen molar-refractivity contribution in [3.63, 3.8) is 0 Å². The predicted octanol–water partition coefficient (Wildman–Crippen LogP) is 3.58. The molecule has 0 spiro atoms. The fourth-order valence-electron chi connectivity index (χ4n) is 2.87. The van der Waals surface area contributed by atoms with Gasteiger partial charge in [0.15, 0.2) is 0 Å². The molecule has 1 aromatic carbocycles. The van der Waals surface area contributed by atoms with Gasteiger partial charge in [-0.1, -0.05) is 0 Å². The SMILES string of the molecule is CPN(C)c1cc(N(C)c2cnc(C#N)cc2C)cc2c1ncn2C. The summed E-state index contributed by atoms with van der Waals surface area (Å²) in [5, 5.41) is 9.02. The Balaban J connectivity index is 2.15. The van der Waals surface area contributed by atoms with Crippen LogP contribution in [-0.4, -0.2) is 35.3 Å². The van der Waals surface area contributed by atoms with E-state index in [1.165, 1.54) is 0 Å². The average Bonchev–Trinajstić information content (AvgIpc) is 3.00. The number of fused-ring (bicyclic) bond motifs is 1. The van der Waals surface area contributed by atoms with E-state index in [0.29, 0.717) is 14.4 Å². The van der Waals surface area contributed by atoms with E-state index in [2.05, 4.69) is 51.5 Å². The lowest BCUT2D eigenvalue weighted by Crippen LogP contribution is -2.13. The first-order chi connectivity index (χ1) is 12.0. The second-order valence-corrected chi connectivity index (χ2v) is 7.12. The number of hydrogen-bond donors (Lipinski definition) is 0. The van der Waals surface area contributed by atoms with Gasteiger partial charge in [-0.15, -0.1) is 0 Å². The molecular weight excluding hydrogens is 331 g/mol. The Morgan fingerprint density at radius 1 is 1.16 bits per heavy atom. The molecule has 3 rings (SSSR count). The predicted molar refractivity (Wildman–Crippen MR) is 105 cm³/mol. The lowest BCUT2D eigenvalue weighted by molar-refractivity contribution is 0.947. The summed E-state index contributed by atoms with van der Waals surface area (Å²) < 4.78 is 4.25. The first kappa shape index (κ1) is 17.2. The molecule has 0 amide bonds. The Morgan fingerprint density at radius 2 is 1.92 bits per heavy atom. The van der Waals surface area contributed by atoms with E-state index in [9.17, 15) is 0 Å². The van der Waals surface area contributed by atoms with Crippen LogP contribution in [0.3, 0.4) is 0 Å². The smallest absolute Gasteiger partial charge is 0.140 e. The highest BCUT2D eigenvalue weighted by Crippen LogP contribution is 2.36. The first-order valence-electron chi connectivity index (χ1n) is 7.93. The molecular formula is C18H21N6P. The maximum atomic E-state index is 9.02. The lowest BCUT2D eigenvalue weighted by Gasteiger charge is -2.24. The summed E-state index contributed by atoms with van der Waals surface area (Å²) >= 11 is 0. The fraction of sp³-hybridized carbons (Fsp3) is 0.278. The van der Waals surface area contributed by atoms with Crippen LogP contribution in [0.25, 0.3) is 11.0 Å². The second kappa shape index (κ2) is 6.70. The summed E-state index contributed by atoms with van der Waals surface area (Å²) in [6, 6.07) is 8.19. The minimum Gasteiger partial charge on any atom is -0.355 e. The minimum absolute atomic E-state index is 0.435. The van der Waals surface area contributed by atoms with Crippen molar-refractivity contribution < 1.29 is 0 Å². The van der Waals surface area contributed by atoms with Gasteiger partial charge in [-0.25, -0.2) is 9.97 Å². The molecule has 1 unspecified atom stereocenters. The minimum atomic E-state index is 0.435. The summed E-state index contributed by atoms with van der Waals surface area (Å²) in [4.78, 5) is 10.9. The van der Waals surface area contributed by atoms with Gasteiger partial charge in [-0.05, 0) is 46.1 Å². The van der Waals surface area contributed by atoms with Crippen LogP contribution in [0, 0.1) is 18.3 Å². The van der Waals surface area contributed by atoms with Gasteiger partial charge >= 0.3 is 0 Å². The molecule has 0 saturated heterocycles. The molecule has 0 saturated carbocycles. The van der Waals surface area contributed by atoms with Gasteiger partial charge in [0.2, 0.25) is 0 Å². The zero-order valence-corrected chi connectivity index (χ0v) is 16.1. The van der Waals surface area contributed by atoms with E-state index in [-0.39, 0.29) is 0 Å². The molecule has 7 heteroatoms. The van der Waals surface area contributed by atoms with Crippen LogP contribution < -0.4 is 9.57 Å². The molecule has 128 valence electrons. The van der Waals surface area contributed by atoms with Crippen molar-refractivity contribution in [2.24, 2.45) is 7.05 Å². The van der Waals surface area contributed by atoms with E-state index in [1.807, 2.05) is 38.0 Å². The molecule has 0 fully saturated rings. The van der Waals surface area contributed by atoms with Gasteiger partial charge in [-0.2, -0.15) is 5.26 Å². The molecule has 6 nitrogen and oxygen atoms in total. The van der Waals surface area contributed by atoms with Crippen molar-refractivity contribution in [3.8, 4) is 6.07 Å². The Labute approximate surface area is 149 Å². The van der Waals surface area contributed by atoms with Crippen LogP contribution in [0.1, 0.15) is 11.3 Å². The van der Waals surface area contributed by atoms with Crippen LogP contribution in [0.5, 0.6) is 0 Å². The Morgan fingerprint density at radius 3 is 2.56 bits per heavy atom. The average molecular weight is 352 g/mol. The van der Waals surface area contributed by atoms with Crippen molar-refractivity contribution in [1.82, 2.24) is 14.5 Å². The Bertz CT molecular complexity index is 972. The van der Waals surface area contributed by atoms with Crippen molar-refractivity contribution in [3.05, 3.63) is 42.0 Å². The van der Waals surface area contributed by atoms with Crippen LogP contribution in [-0.2, 0) is 7.05 Å². The third kappa shape index (κ3) is 3.04. The molecule has 2 aromatic heterocycles. The van der Waals surface area contributed by atoms with Gasteiger partial charge in [0, 0.05) is 26.8 Å². The normalized spacial score (nSPS) is 11.2. The van der Waals surface area contributed by atoms with Gasteiger partial charge < -0.3 is 14.1 Å². The van der Waals surface area contributed by atoms with E-state index in [4.69, 9.17) is 5.26 Å². The summed E-state index contributed by atoms with van der Waals surface area (Å²) in [5.74, 6) is 0. The van der Waals surface area contributed by atoms with Crippen LogP contribution in [0.2, 0.25) is 0 Å². The second-order valence-electron chi connectivity index (χ2n) is 6.00. The zero-order valence-electron chi connectivity index (χ0n) is 15.1. The van der Waals surface area contributed by atoms with Gasteiger partial charge in [0.25, 0.3) is 0 Å².